The number of fused-ring (bicyclic) bond motifs is 3. The molecule has 3 aliphatic rings. The summed E-state index contributed by atoms with van der Waals surface area (Å²) in [6.45, 7) is 0. The first-order chi connectivity index (χ1) is 9.85. The number of ketones is 2. The molecular formula is C15H15F3O2S. The van der Waals surface area contributed by atoms with Crippen LogP contribution in [0.1, 0.15) is 41.8 Å². The number of Topliss-reactive ketones (excluding diaryl/α,β-unsaturated/α-hetero) is 2. The van der Waals surface area contributed by atoms with Crippen molar-refractivity contribution in [3.63, 3.8) is 0 Å². The maximum Gasteiger partial charge on any atom is 0.451 e. The summed E-state index contributed by atoms with van der Waals surface area (Å²) >= 11 is 1.11. The fourth-order valence-electron chi connectivity index (χ4n) is 4.02. The van der Waals surface area contributed by atoms with Crippen LogP contribution in [0, 0.1) is 17.3 Å². The molecule has 1 heterocycles. The number of hydrogen-bond donors (Lipinski definition) is 0. The molecule has 6 heteroatoms. The summed E-state index contributed by atoms with van der Waals surface area (Å²) < 4.78 is 39.3. The first-order valence-electron chi connectivity index (χ1n) is 7.05. The van der Waals surface area contributed by atoms with Crippen molar-refractivity contribution in [3.05, 3.63) is 22.4 Å². The van der Waals surface area contributed by atoms with E-state index >= 15 is 0 Å². The molecule has 114 valence electrons. The van der Waals surface area contributed by atoms with Gasteiger partial charge in [0.2, 0.25) is 5.78 Å². The van der Waals surface area contributed by atoms with E-state index < -0.39 is 29.1 Å². The Labute approximate surface area is 124 Å². The highest BCUT2D eigenvalue weighted by Crippen LogP contribution is 2.56. The van der Waals surface area contributed by atoms with Gasteiger partial charge in [0.15, 0.2) is 5.78 Å². The van der Waals surface area contributed by atoms with Crippen molar-refractivity contribution in [3.8, 4) is 0 Å². The van der Waals surface area contributed by atoms with Crippen LogP contribution >= 0.6 is 11.3 Å². The minimum Gasteiger partial charge on any atom is -0.292 e. The van der Waals surface area contributed by atoms with Gasteiger partial charge in [0, 0.05) is 0 Å². The average Bonchev–Trinajstić information content (AvgIpc) is 2.99. The molecule has 21 heavy (non-hydrogen) atoms. The van der Waals surface area contributed by atoms with E-state index in [1.165, 1.54) is 6.07 Å². The summed E-state index contributed by atoms with van der Waals surface area (Å²) in [5.74, 6) is -2.85. The van der Waals surface area contributed by atoms with Gasteiger partial charge in [0.05, 0.1) is 4.88 Å². The topological polar surface area (TPSA) is 34.1 Å². The van der Waals surface area contributed by atoms with Gasteiger partial charge < -0.3 is 0 Å². The SMILES string of the molecule is O=C(c1cccs1)[C@]1(C(=O)C(F)(F)F)CC2CCC1CC2. The number of carbonyl (C=O) groups excluding carboxylic acids is 2. The molecule has 0 spiro atoms. The summed E-state index contributed by atoms with van der Waals surface area (Å²) in [7, 11) is 0. The minimum absolute atomic E-state index is 0.0604. The van der Waals surface area contributed by atoms with Crippen LogP contribution in [0.25, 0.3) is 0 Å². The van der Waals surface area contributed by atoms with Gasteiger partial charge in [-0.25, -0.2) is 0 Å². The predicted molar refractivity (Wildman–Crippen MR) is 72.2 cm³/mol. The molecule has 2 nitrogen and oxygen atoms in total. The average molecular weight is 316 g/mol. The van der Waals surface area contributed by atoms with E-state index in [4.69, 9.17) is 0 Å². The van der Waals surface area contributed by atoms with Crippen molar-refractivity contribution in [1.29, 1.82) is 0 Å². The zero-order chi connectivity index (χ0) is 15.3. The Hall–Kier alpha value is -1.17. The third-order valence-electron chi connectivity index (χ3n) is 4.97. The Balaban J connectivity index is 2.08. The number of carbonyl (C=O) groups is 2. The van der Waals surface area contributed by atoms with Crippen LogP contribution in [0.15, 0.2) is 17.5 Å². The Bertz CT molecular complexity index is 556. The first-order valence-corrected chi connectivity index (χ1v) is 7.93. The van der Waals surface area contributed by atoms with Crippen molar-refractivity contribution in [2.24, 2.45) is 17.3 Å². The summed E-state index contributed by atoms with van der Waals surface area (Å²) in [6, 6.07) is 3.14. The largest absolute Gasteiger partial charge is 0.451 e. The van der Waals surface area contributed by atoms with Gasteiger partial charge in [-0.2, -0.15) is 13.2 Å². The first kappa shape index (κ1) is 14.8. The molecule has 3 aliphatic carbocycles. The molecule has 4 rings (SSSR count). The van der Waals surface area contributed by atoms with E-state index in [1.54, 1.807) is 11.4 Å². The monoisotopic (exact) mass is 316 g/mol. The lowest BCUT2D eigenvalue weighted by Crippen LogP contribution is -2.56. The van der Waals surface area contributed by atoms with Crippen LogP contribution < -0.4 is 0 Å². The molecule has 0 radical (unpaired) electrons. The molecule has 0 amide bonds. The Morgan fingerprint density at radius 3 is 2.29 bits per heavy atom. The van der Waals surface area contributed by atoms with Gasteiger partial charge in [0.25, 0.3) is 0 Å². The normalized spacial score (nSPS) is 32.1. The van der Waals surface area contributed by atoms with Gasteiger partial charge in [-0.3, -0.25) is 9.59 Å². The predicted octanol–water partition coefficient (Wildman–Crippen LogP) is 4.26. The summed E-state index contributed by atoms with van der Waals surface area (Å²) in [6.07, 6.45) is -2.14. The van der Waals surface area contributed by atoms with E-state index in [-0.39, 0.29) is 17.2 Å². The molecule has 0 saturated heterocycles. The lowest BCUT2D eigenvalue weighted by Gasteiger charge is -2.49. The third kappa shape index (κ3) is 2.24. The van der Waals surface area contributed by atoms with Crippen molar-refractivity contribution in [1.82, 2.24) is 0 Å². The van der Waals surface area contributed by atoms with Crippen LogP contribution in [0.3, 0.4) is 0 Å². The van der Waals surface area contributed by atoms with Crippen LogP contribution in [-0.2, 0) is 4.79 Å². The van der Waals surface area contributed by atoms with Gasteiger partial charge >= 0.3 is 6.18 Å². The number of thiophene rings is 1. The second-order valence-corrected chi connectivity index (χ2v) is 6.97. The van der Waals surface area contributed by atoms with E-state index in [2.05, 4.69) is 0 Å². The third-order valence-corrected chi connectivity index (χ3v) is 5.84. The highest BCUT2D eigenvalue weighted by atomic mass is 32.1. The van der Waals surface area contributed by atoms with Gasteiger partial charge in [-0.15, -0.1) is 11.3 Å². The lowest BCUT2D eigenvalue weighted by atomic mass is 9.52. The standard InChI is InChI=1S/C15H15F3O2S/c16-15(17,18)13(20)14(12(19)11-2-1-7-21-11)8-9-3-5-10(14)6-4-9/h1-2,7,9-10H,3-6,8H2/t9?,10?,14-/m0/s1. The molecule has 1 atom stereocenters. The molecule has 1 aromatic heterocycles. The van der Waals surface area contributed by atoms with Crippen LogP contribution in [0.5, 0.6) is 0 Å². The van der Waals surface area contributed by atoms with Crippen LogP contribution in [0.4, 0.5) is 13.2 Å². The van der Waals surface area contributed by atoms with E-state index in [0.717, 1.165) is 24.2 Å². The van der Waals surface area contributed by atoms with Crippen molar-refractivity contribution < 1.29 is 22.8 Å². The van der Waals surface area contributed by atoms with Crippen molar-refractivity contribution >= 4 is 22.9 Å². The minimum atomic E-state index is -4.95. The number of halogens is 3. The molecule has 0 unspecified atom stereocenters. The lowest BCUT2D eigenvalue weighted by molar-refractivity contribution is -0.187. The maximum absolute atomic E-state index is 13.1. The second-order valence-electron chi connectivity index (χ2n) is 6.03. The fraction of sp³-hybridized carbons (Fsp3) is 0.600. The number of rotatable bonds is 3. The zero-order valence-electron chi connectivity index (χ0n) is 11.3. The van der Waals surface area contributed by atoms with Gasteiger partial charge in [-0.05, 0) is 42.5 Å². The highest BCUT2D eigenvalue weighted by Gasteiger charge is 2.63. The van der Waals surface area contributed by atoms with Crippen molar-refractivity contribution in [2.45, 2.75) is 38.3 Å². The molecular weight excluding hydrogens is 301 g/mol. The molecule has 0 N–H and O–H groups in total. The summed E-state index contributed by atoms with van der Waals surface area (Å²) in [5, 5.41) is 1.65. The maximum atomic E-state index is 13.1. The fourth-order valence-corrected chi connectivity index (χ4v) is 4.77. The highest BCUT2D eigenvalue weighted by molar-refractivity contribution is 7.12. The van der Waals surface area contributed by atoms with Crippen molar-refractivity contribution in [2.75, 3.05) is 0 Å². The van der Waals surface area contributed by atoms with E-state index in [1.807, 2.05) is 0 Å². The van der Waals surface area contributed by atoms with E-state index in [9.17, 15) is 22.8 Å². The molecule has 3 fully saturated rings. The Kier molecular flexibility index (Phi) is 3.47. The quantitative estimate of drug-likeness (QED) is 0.617. The number of alkyl halides is 3. The van der Waals surface area contributed by atoms with Gasteiger partial charge in [0.1, 0.15) is 5.41 Å². The van der Waals surface area contributed by atoms with E-state index in [0.29, 0.717) is 12.8 Å². The summed E-state index contributed by atoms with van der Waals surface area (Å²) in [5.41, 5.74) is -1.87. The number of hydrogen-bond acceptors (Lipinski definition) is 3. The zero-order valence-corrected chi connectivity index (χ0v) is 12.1. The smallest absolute Gasteiger partial charge is 0.292 e. The van der Waals surface area contributed by atoms with Gasteiger partial charge in [-0.1, -0.05) is 18.9 Å². The molecule has 0 aliphatic heterocycles. The Morgan fingerprint density at radius 1 is 1.19 bits per heavy atom. The van der Waals surface area contributed by atoms with Crippen LogP contribution in [-0.4, -0.2) is 17.7 Å². The molecule has 2 bridgehead atoms. The Morgan fingerprint density at radius 2 is 1.86 bits per heavy atom. The second kappa shape index (κ2) is 4.93. The molecule has 1 aromatic rings. The molecule has 3 saturated carbocycles. The molecule has 0 aromatic carbocycles. The summed E-state index contributed by atoms with van der Waals surface area (Å²) in [4.78, 5) is 25.1. The van der Waals surface area contributed by atoms with Crippen LogP contribution in [0.2, 0.25) is 0 Å².